The quantitative estimate of drug-likeness (QED) is 0.481. The van der Waals surface area contributed by atoms with E-state index in [1.165, 1.54) is 32.0 Å². The van der Waals surface area contributed by atoms with E-state index in [0.29, 0.717) is 15.6 Å². The summed E-state index contributed by atoms with van der Waals surface area (Å²) >= 11 is 11.7. The number of hydrogen-bond acceptors (Lipinski definition) is 3. The normalized spacial score (nSPS) is 11.2. The molecular formula is C13H14Cl2O3. The Morgan fingerprint density at radius 1 is 1.17 bits per heavy atom. The van der Waals surface area contributed by atoms with Crippen molar-refractivity contribution in [3.63, 3.8) is 0 Å². The van der Waals surface area contributed by atoms with Gasteiger partial charge in [0.05, 0.1) is 6.61 Å². The molecule has 0 aliphatic heterocycles. The van der Waals surface area contributed by atoms with Crippen molar-refractivity contribution in [1.29, 1.82) is 0 Å². The number of benzene rings is 1. The van der Waals surface area contributed by atoms with Gasteiger partial charge in [-0.15, -0.1) is 0 Å². The number of hydrogen-bond donors (Lipinski definition) is 0. The Hall–Kier alpha value is -1.06. The third-order valence-corrected chi connectivity index (χ3v) is 2.91. The third kappa shape index (κ3) is 3.24. The maximum atomic E-state index is 12.3. The largest absolute Gasteiger partial charge is 0.465 e. The number of ether oxygens (including phenoxy) is 1. The van der Waals surface area contributed by atoms with E-state index in [-0.39, 0.29) is 12.4 Å². The van der Waals surface area contributed by atoms with Gasteiger partial charge in [0.15, 0.2) is 5.78 Å². The zero-order chi connectivity index (χ0) is 13.9. The van der Waals surface area contributed by atoms with Crippen molar-refractivity contribution in [3.8, 4) is 0 Å². The van der Waals surface area contributed by atoms with Crippen LogP contribution in [0.1, 0.15) is 31.1 Å². The minimum Gasteiger partial charge on any atom is -0.465 e. The van der Waals surface area contributed by atoms with Crippen molar-refractivity contribution in [2.45, 2.75) is 20.8 Å². The minimum absolute atomic E-state index is 0.228. The summed E-state index contributed by atoms with van der Waals surface area (Å²) in [6.45, 7) is 4.95. The second-order valence-corrected chi connectivity index (χ2v) is 5.21. The fourth-order valence-electron chi connectivity index (χ4n) is 1.45. The molecule has 0 bridgehead atoms. The van der Waals surface area contributed by atoms with Crippen LogP contribution < -0.4 is 0 Å². The van der Waals surface area contributed by atoms with E-state index >= 15 is 0 Å². The summed E-state index contributed by atoms with van der Waals surface area (Å²) in [6, 6.07) is 4.49. The van der Waals surface area contributed by atoms with Crippen molar-refractivity contribution in [3.05, 3.63) is 33.8 Å². The summed E-state index contributed by atoms with van der Waals surface area (Å²) in [5, 5.41) is 0.705. The Balaban J connectivity index is 3.09. The summed E-state index contributed by atoms with van der Waals surface area (Å²) in [4.78, 5) is 24.0. The Bertz CT molecular complexity index is 461. The molecule has 1 rings (SSSR count). The average molecular weight is 289 g/mol. The molecule has 0 heterocycles. The molecular weight excluding hydrogens is 275 g/mol. The fourth-order valence-corrected chi connectivity index (χ4v) is 1.98. The molecule has 0 spiro atoms. The molecule has 3 nitrogen and oxygen atoms in total. The van der Waals surface area contributed by atoms with E-state index in [9.17, 15) is 9.59 Å². The molecule has 0 aliphatic carbocycles. The Kier molecular flexibility index (Phi) is 4.77. The summed E-state index contributed by atoms with van der Waals surface area (Å²) in [7, 11) is 0. The fraction of sp³-hybridized carbons (Fsp3) is 0.385. The number of Topliss-reactive ketones (excluding diaryl/α,β-unsaturated/α-hetero) is 1. The lowest BCUT2D eigenvalue weighted by Crippen LogP contribution is -2.35. The summed E-state index contributed by atoms with van der Waals surface area (Å²) in [5.41, 5.74) is -0.963. The van der Waals surface area contributed by atoms with Gasteiger partial charge in [0.1, 0.15) is 5.41 Å². The molecule has 1 aromatic carbocycles. The molecule has 5 heteroatoms. The third-order valence-electron chi connectivity index (χ3n) is 2.48. The van der Waals surface area contributed by atoms with E-state index in [2.05, 4.69) is 0 Å². The van der Waals surface area contributed by atoms with Gasteiger partial charge in [-0.1, -0.05) is 23.2 Å². The standard InChI is InChI=1S/C13H14Cl2O3/c1-4-18-12(17)13(2,3)11(16)8-5-9(14)7-10(15)6-8/h5-7H,4H2,1-3H3. The van der Waals surface area contributed by atoms with Gasteiger partial charge in [-0.25, -0.2) is 0 Å². The Morgan fingerprint density at radius 2 is 1.67 bits per heavy atom. The minimum atomic E-state index is -1.26. The highest BCUT2D eigenvalue weighted by Gasteiger charge is 2.38. The number of halogens is 2. The number of esters is 1. The molecule has 0 saturated carbocycles. The maximum absolute atomic E-state index is 12.3. The predicted octanol–water partition coefficient (Wildman–Crippen LogP) is 3.77. The highest BCUT2D eigenvalue weighted by atomic mass is 35.5. The molecule has 98 valence electrons. The van der Waals surface area contributed by atoms with Crippen LogP contribution in [-0.4, -0.2) is 18.4 Å². The molecule has 0 amide bonds. The van der Waals surface area contributed by atoms with Crippen LogP contribution in [0.2, 0.25) is 10.0 Å². The zero-order valence-corrected chi connectivity index (χ0v) is 11.9. The first-order valence-electron chi connectivity index (χ1n) is 5.47. The topological polar surface area (TPSA) is 43.4 Å². The zero-order valence-electron chi connectivity index (χ0n) is 10.4. The molecule has 18 heavy (non-hydrogen) atoms. The van der Waals surface area contributed by atoms with Gasteiger partial charge in [0, 0.05) is 15.6 Å². The van der Waals surface area contributed by atoms with E-state index in [1.54, 1.807) is 6.92 Å². The molecule has 0 N–H and O–H groups in total. The first-order valence-corrected chi connectivity index (χ1v) is 6.22. The second-order valence-electron chi connectivity index (χ2n) is 4.33. The van der Waals surface area contributed by atoms with E-state index in [1.807, 2.05) is 0 Å². The van der Waals surface area contributed by atoms with Crippen molar-refractivity contribution in [2.24, 2.45) is 5.41 Å². The van der Waals surface area contributed by atoms with E-state index in [0.717, 1.165) is 0 Å². The molecule has 0 radical (unpaired) electrons. The molecule has 0 atom stereocenters. The van der Waals surface area contributed by atoms with Gasteiger partial charge in [-0.05, 0) is 39.0 Å². The lowest BCUT2D eigenvalue weighted by molar-refractivity contribution is -0.150. The molecule has 0 aromatic heterocycles. The van der Waals surface area contributed by atoms with Crippen LogP contribution in [0, 0.1) is 5.41 Å². The second kappa shape index (κ2) is 5.72. The first kappa shape index (κ1) is 15.0. The Morgan fingerprint density at radius 3 is 2.11 bits per heavy atom. The van der Waals surface area contributed by atoms with Crippen molar-refractivity contribution >= 4 is 35.0 Å². The smallest absolute Gasteiger partial charge is 0.319 e. The highest BCUT2D eigenvalue weighted by molar-refractivity contribution is 6.35. The lowest BCUT2D eigenvalue weighted by Gasteiger charge is -2.21. The first-order chi connectivity index (χ1) is 8.28. The van der Waals surface area contributed by atoms with Crippen LogP contribution in [0.3, 0.4) is 0 Å². The predicted molar refractivity (Wildman–Crippen MR) is 71.2 cm³/mol. The van der Waals surface area contributed by atoms with Crippen LogP contribution in [-0.2, 0) is 9.53 Å². The van der Waals surface area contributed by atoms with Gasteiger partial charge >= 0.3 is 5.97 Å². The highest BCUT2D eigenvalue weighted by Crippen LogP contribution is 2.27. The molecule has 1 aromatic rings. The molecule has 0 saturated heterocycles. The van der Waals surface area contributed by atoms with Crippen molar-refractivity contribution in [1.82, 2.24) is 0 Å². The molecule has 0 aliphatic rings. The van der Waals surface area contributed by atoms with Gasteiger partial charge in [0.2, 0.25) is 0 Å². The Labute approximate surface area is 116 Å². The number of carbonyl (C=O) groups excluding carboxylic acids is 2. The van der Waals surface area contributed by atoms with Crippen LogP contribution in [0.5, 0.6) is 0 Å². The molecule has 0 unspecified atom stereocenters. The number of rotatable bonds is 4. The monoisotopic (exact) mass is 288 g/mol. The van der Waals surface area contributed by atoms with E-state index in [4.69, 9.17) is 27.9 Å². The number of carbonyl (C=O) groups is 2. The summed E-state index contributed by atoms with van der Waals surface area (Å²) in [5.74, 6) is -0.934. The van der Waals surface area contributed by atoms with Crippen molar-refractivity contribution < 1.29 is 14.3 Å². The van der Waals surface area contributed by atoms with Gasteiger partial charge < -0.3 is 4.74 Å². The summed E-state index contributed by atoms with van der Waals surface area (Å²) < 4.78 is 4.88. The van der Waals surface area contributed by atoms with Crippen LogP contribution in [0.15, 0.2) is 18.2 Å². The van der Waals surface area contributed by atoms with Gasteiger partial charge in [-0.2, -0.15) is 0 Å². The summed E-state index contributed by atoms with van der Waals surface area (Å²) in [6.07, 6.45) is 0. The SMILES string of the molecule is CCOC(=O)C(C)(C)C(=O)c1cc(Cl)cc(Cl)c1. The van der Waals surface area contributed by atoms with Crippen LogP contribution in [0.4, 0.5) is 0 Å². The maximum Gasteiger partial charge on any atom is 0.319 e. The lowest BCUT2D eigenvalue weighted by atomic mass is 9.84. The van der Waals surface area contributed by atoms with Crippen molar-refractivity contribution in [2.75, 3.05) is 6.61 Å². The number of ketones is 1. The molecule has 0 fully saturated rings. The van der Waals surface area contributed by atoms with Gasteiger partial charge in [0.25, 0.3) is 0 Å². The van der Waals surface area contributed by atoms with E-state index < -0.39 is 11.4 Å². The average Bonchev–Trinajstić information content (AvgIpc) is 2.26. The van der Waals surface area contributed by atoms with Crippen LogP contribution in [0.25, 0.3) is 0 Å². The van der Waals surface area contributed by atoms with Gasteiger partial charge in [-0.3, -0.25) is 9.59 Å². The van der Waals surface area contributed by atoms with Crippen LogP contribution >= 0.6 is 23.2 Å².